The summed E-state index contributed by atoms with van der Waals surface area (Å²) >= 11 is 0. The highest BCUT2D eigenvalue weighted by atomic mass is 14.9. The lowest BCUT2D eigenvalue weighted by Gasteiger charge is -2.15. The molecule has 0 radical (unpaired) electrons. The first-order valence-corrected chi connectivity index (χ1v) is 6.29. The molecule has 0 spiro atoms. The van der Waals surface area contributed by atoms with Crippen molar-refractivity contribution in [2.75, 3.05) is 5.32 Å². The molecule has 0 saturated heterocycles. The van der Waals surface area contributed by atoms with Crippen molar-refractivity contribution in [2.24, 2.45) is 0 Å². The fourth-order valence-electron chi connectivity index (χ4n) is 1.82. The van der Waals surface area contributed by atoms with Gasteiger partial charge in [0.2, 0.25) is 0 Å². The topological polar surface area (TPSA) is 37.8 Å². The van der Waals surface area contributed by atoms with Crippen molar-refractivity contribution in [2.45, 2.75) is 32.7 Å². The minimum absolute atomic E-state index is 0.156. The van der Waals surface area contributed by atoms with Gasteiger partial charge in [0.1, 0.15) is 0 Å². The molecule has 1 aromatic carbocycles. The van der Waals surface area contributed by atoms with Crippen molar-refractivity contribution < 1.29 is 0 Å². The minimum atomic E-state index is 0.156. The normalized spacial score (nSPS) is 12.4. The van der Waals surface area contributed by atoms with E-state index in [0.29, 0.717) is 5.92 Å². The van der Waals surface area contributed by atoms with Crippen LogP contribution in [0.25, 0.3) is 0 Å². The molecule has 3 nitrogen and oxygen atoms in total. The highest BCUT2D eigenvalue weighted by molar-refractivity contribution is 5.46. The molecule has 94 valence electrons. The Morgan fingerprint density at radius 3 is 2.28 bits per heavy atom. The van der Waals surface area contributed by atoms with Crippen LogP contribution in [0.1, 0.15) is 44.0 Å². The second kappa shape index (κ2) is 5.63. The van der Waals surface area contributed by atoms with Crippen LogP contribution < -0.4 is 5.32 Å². The van der Waals surface area contributed by atoms with Crippen LogP contribution in [-0.2, 0) is 0 Å². The lowest BCUT2D eigenvalue weighted by Crippen LogP contribution is -2.08. The Morgan fingerprint density at radius 2 is 1.72 bits per heavy atom. The van der Waals surface area contributed by atoms with Crippen molar-refractivity contribution in [1.82, 2.24) is 9.97 Å². The molecule has 1 unspecified atom stereocenters. The molecule has 0 bridgehead atoms. The Morgan fingerprint density at radius 1 is 1.00 bits per heavy atom. The van der Waals surface area contributed by atoms with Gasteiger partial charge >= 0.3 is 0 Å². The zero-order chi connectivity index (χ0) is 13.0. The van der Waals surface area contributed by atoms with Gasteiger partial charge in [-0.3, -0.25) is 9.97 Å². The van der Waals surface area contributed by atoms with Gasteiger partial charge in [-0.15, -0.1) is 0 Å². The Labute approximate surface area is 108 Å². The second-order valence-electron chi connectivity index (χ2n) is 4.77. The summed E-state index contributed by atoms with van der Waals surface area (Å²) in [4.78, 5) is 8.38. The quantitative estimate of drug-likeness (QED) is 0.885. The molecule has 0 saturated carbocycles. The van der Waals surface area contributed by atoms with Gasteiger partial charge in [0.25, 0.3) is 0 Å². The zero-order valence-corrected chi connectivity index (χ0v) is 11.1. The van der Waals surface area contributed by atoms with Crippen LogP contribution in [-0.4, -0.2) is 9.97 Å². The predicted octanol–water partition coefficient (Wildman–Crippen LogP) is 3.77. The summed E-state index contributed by atoms with van der Waals surface area (Å²) in [5, 5.41) is 3.42. The lowest BCUT2D eigenvalue weighted by molar-refractivity contribution is 0.826. The Kier molecular flexibility index (Phi) is 3.92. The van der Waals surface area contributed by atoms with Gasteiger partial charge in [0.05, 0.1) is 17.9 Å². The van der Waals surface area contributed by atoms with Gasteiger partial charge in [-0.25, -0.2) is 0 Å². The molecule has 1 N–H and O–H groups in total. The van der Waals surface area contributed by atoms with Gasteiger partial charge in [-0.1, -0.05) is 26.0 Å². The van der Waals surface area contributed by atoms with E-state index in [4.69, 9.17) is 0 Å². The van der Waals surface area contributed by atoms with Crippen LogP contribution >= 0.6 is 0 Å². The van der Waals surface area contributed by atoms with Crippen LogP contribution in [0.3, 0.4) is 0 Å². The van der Waals surface area contributed by atoms with Crippen molar-refractivity contribution in [3.63, 3.8) is 0 Å². The largest absolute Gasteiger partial charge is 0.377 e. The van der Waals surface area contributed by atoms with Crippen molar-refractivity contribution >= 4 is 5.69 Å². The van der Waals surface area contributed by atoms with Crippen molar-refractivity contribution in [1.29, 1.82) is 0 Å². The van der Waals surface area contributed by atoms with Crippen LogP contribution in [0.2, 0.25) is 0 Å². The summed E-state index contributed by atoms with van der Waals surface area (Å²) < 4.78 is 0. The van der Waals surface area contributed by atoms with E-state index in [9.17, 15) is 0 Å². The number of aromatic nitrogens is 2. The van der Waals surface area contributed by atoms with E-state index in [0.717, 1.165) is 11.4 Å². The second-order valence-corrected chi connectivity index (χ2v) is 4.77. The molecular formula is C15H19N3. The third-order valence-electron chi connectivity index (χ3n) is 2.99. The molecule has 0 aliphatic rings. The molecule has 0 amide bonds. The predicted molar refractivity (Wildman–Crippen MR) is 74.6 cm³/mol. The summed E-state index contributed by atoms with van der Waals surface area (Å²) in [6, 6.07) is 8.71. The summed E-state index contributed by atoms with van der Waals surface area (Å²) in [5.41, 5.74) is 3.41. The maximum atomic E-state index is 4.30. The number of rotatable bonds is 4. The number of nitrogens with zero attached hydrogens (tertiary/aromatic N) is 2. The van der Waals surface area contributed by atoms with E-state index < -0.39 is 0 Å². The molecule has 0 aliphatic carbocycles. The fraction of sp³-hybridized carbons (Fsp3) is 0.333. The minimum Gasteiger partial charge on any atom is -0.377 e. The van der Waals surface area contributed by atoms with E-state index in [2.05, 4.69) is 60.3 Å². The number of benzene rings is 1. The number of hydrogen-bond acceptors (Lipinski definition) is 3. The van der Waals surface area contributed by atoms with Crippen molar-refractivity contribution in [3.05, 3.63) is 54.1 Å². The van der Waals surface area contributed by atoms with E-state index in [1.165, 1.54) is 5.56 Å². The summed E-state index contributed by atoms with van der Waals surface area (Å²) in [5.74, 6) is 0.566. The van der Waals surface area contributed by atoms with Gasteiger partial charge in [-0.05, 0) is 30.5 Å². The lowest BCUT2D eigenvalue weighted by atomic mass is 10.0. The zero-order valence-electron chi connectivity index (χ0n) is 11.1. The van der Waals surface area contributed by atoms with E-state index in [1.807, 2.05) is 0 Å². The van der Waals surface area contributed by atoms with Gasteiger partial charge < -0.3 is 5.32 Å². The van der Waals surface area contributed by atoms with Crippen molar-refractivity contribution in [3.8, 4) is 0 Å². The smallest absolute Gasteiger partial charge is 0.0806 e. The maximum Gasteiger partial charge on any atom is 0.0806 e. The third-order valence-corrected chi connectivity index (χ3v) is 2.99. The van der Waals surface area contributed by atoms with E-state index >= 15 is 0 Å². The molecular weight excluding hydrogens is 222 g/mol. The Hall–Kier alpha value is -1.90. The molecule has 3 heteroatoms. The number of anilines is 1. The molecule has 0 aliphatic heterocycles. The Bertz CT molecular complexity index is 477. The molecule has 1 heterocycles. The molecule has 18 heavy (non-hydrogen) atoms. The first-order chi connectivity index (χ1) is 8.66. The first-order valence-electron chi connectivity index (χ1n) is 6.29. The average Bonchev–Trinajstić information content (AvgIpc) is 2.40. The third kappa shape index (κ3) is 3.06. The monoisotopic (exact) mass is 241 g/mol. The van der Waals surface area contributed by atoms with Gasteiger partial charge in [0.15, 0.2) is 0 Å². The maximum absolute atomic E-state index is 4.30. The Balaban J connectivity index is 2.05. The summed E-state index contributed by atoms with van der Waals surface area (Å²) in [7, 11) is 0. The summed E-state index contributed by atoms with van der Waals surface area (Å²) in [6.07, 6.45) is 5.20. The van der Waals surface area contributed by atoms with Crippen LogP contribution in [0.15, 0.2) is 42.9 Å². The number of hydrogen-bond donors (Lipinski definition) is 1. The highest BCUT2D eigenvalue weighted by Gasteiger charge is 2.06. The van der Waals surface area contributed by atoms with E-state index in [-0.39, 0.29) is 6.04 Å². The molecule has 0 fully saturated rings. The van der Waals surface area contributed by atoms with Gasteiger partial charge in [-0.2, -0.15) is 0 Å². The van der Waals surface area contributed by atoms with Gasteiger partial charge in [0, 0.05) is 18.1 Å². The highest BCUT2D eigenvalue weighted by Crippen LogP contribution is 2.20. The van der Waals surface area contributed by atoms with Crippen LogP contribution in [0.5, 0.6) is 0 Å². The molecule has 2 rings (SSSR count). The van der Waals surface area contributed by atoms with Crippen LogP contribution in [0.4, 0.5) is 5.69 Å². The number of nitrogens with one attached hydrogen (secondary N) is 1. The summed E-state index contributed by atoms with van der Waals surface area (Å²) in [6.45, 7) is 6.48. The molecule has 1 aromatic heterocycles. The average molecular weight is 241 g/mol. The first kappa shape index (κ1) is 12.6. The molecule has 2 aromatic rings. The molecule has 1 atom stereocenters. The fourth-order valence-corrected chi connectivity index (χ4v) is 1.82. The standard InChI is InChI=1S/C15H19N3/c1-11(2)13-4-6-14(7-5-13)18-12(3)15-10-16-8-9-17-15/h4-12,18H,1-3H3. The SMILES string of the molecule is CC(C)c1ccc(NC(C)c2cnccn2)cc1. The van der Waals surface area contributed by atoms with Crippen LogP contribution in [0, 0.1) is 0 Å². The van der Waals surface area contributed by atoms with E-state index in [1.54, 1.807) is 18.6 Å².